The van der Waals surface area contributed by atoms with Crippen molar-refractivity contribution in [3.8, 4) is 0 Å². The van der Waals surface area contributed by atoms with Crippen LogP contribution >= 0.6 is 11.8 Å². The molecule has 6 nitrogen and oxygen atoms in total. The van der Waals surface area contributed by atoms with Gasteiger partial charge in [-0.3, -0.25) is 10.2 Å². The van der Waals surface area contributed by atoms with Crippen LogP contribution < -0.4 is 5.32 Å². The van der Waals surface area contributed by atoms with Crippen LogP contribution in [0.4, 0.5) is 10.5 Å². The number of amides is 1. The molecule has 0 aliphatic carbocycles. The Morgan fingerprint density at radius 2 is 2.05 bits per heavy atom. The quantitative estimate of drug-likeness (QED) is 0.678. The van der Waals surface area contributed by atoms with E-state index < -0.39 is 15.9 Å². The van der Waals surface area contributed by atoms with E-state index in [1.165, 1.54) is 11.8 Å². The van der Waals surface area contributed by atoms with Crippen molar-refractivity contribution in [3.63, 3.8) is 0 Å². The minimum absolute atomic E-state index is 0.0376. The Morgan fingerprint density at radius 3 is 2.67 bits per heavy atom. The Hall–Kier alpha value is -1.54. The van der Waals surface area contributed by atoms with Crippen molar-refractivity contribution in [2.24, 2.45) is 5.16 Å². The van der Waals surface area contributed by atoms with E-state index in [9.17, 15) is 13.2 Å². The van der Waals surface area contributed by atoms with Gasteiger partial charge in [-0.15, -0.1) is 0 Å². The van der Waals surface area contributed by atoms with Crippen LogP contribution in [0.2, 0.25) is 0 Å². The van der Waals surface area contributed by atoms with E-state index >= 15 is 0 Å². The second kappa shape index (κ2) is 6.48. The standard InChI is InChI=1S/C13H16N2O4S2/c1-9-3-5-10(6-4-9)14-13(16)19-15-11-7-21(17,18)8-12(11)20-2/h3-6,12H,7-8H2,1-2H3,(H,14,16)/t12-/m1/s1. The first kappa shape index (κ1) is 15.8. The van der Waals surface area contributed by atoms with Gasteiger partial charge in [-0.2, -0.15) is 11.8 Å². The number of nitrogens with one attached hydrogen (secondary N) is 1. The zero-order chi connectivity index (χ0) is 15.5. The van der Waals surface area contributed by atoms with Crippen molar-refractivity contribution in [2.75, 3.05) is 23.1 Å². The van der Waals surface area contributed by atoms with Gasteiger partial charge in [0.2, 0.25) is 0 Å². The second-order valence-corrected chi connectivity index (χ2v) is 7.88. The fourth-order valence-corrected chi connectivity index (χ4v) is 5.02. The molecule has 1 N–H and O–H groups in total. The second-order valence-electron chi connectivity index (χ2n) is 4.73. The van der Waals surface area contributed by atoms with E-state index in [0.29, 0.717) is 11.4 Å². The normalized spacial score (nSPS) is 22.2. The van der Waals surface area contributed by atoms with E-state index in [1.54, 1.807) is 18.4 Å². The third-order valence-electron chi connectivity index (χ3n) is 2.97. The number of benzene rings is 1. The molecule has 0 bridgehead atoms. The highest BCUT2D eigenvalue weighted by molar-refractivity contribution is 8.02. The summed E-state index contributed by atoms with van der Waals surface area (Å²) in [5.74, 6) is -0.119. The van der Waals surface area contributed by atoms with E-state index in [1.807, 2.05) is 19.1 Å². The first-order valence-electron chi connectivity index (χ1n) is 6.24. The van der Waals surface area contributed by atoms with Crippen molar-refractivity contribution in [1.29, 1.82) is 0 Å². The summed E-state index contributed by atoms with van der Waals surface area (Å²) >= 11 is 1.38. The number of anilines is 1. The minimum atomic E-state index is -3.13. The topological polar surface area (TPSA) is 84.8 Å². The van der Waals surface area contributed by atoms with Crippen molar-refractivity contribution in [2.45, 2.75) is 12.2 Å². The number of hydrogen-bond acceptors (Lipinski definition) is 6. The van der Waals surface area contributed by atoms with Crippen LogP contribution in [0.5, 0.6) is 0 Å². The molecule has 21 heavy (non-hydrogen) atoms. The summed E-state index contributed by atoms with van der Waals surface area (Å²) in [7, 11) is -3.13. The van der Waals surface area contributed by atoms with Gasteiger partial charge in [-0.1, -0.05) is 22.9 Å². The molecule has 0 aromatic heterocycles. The van der Waals surface area contributed by atoms with Crippen LogP contribution in [0.15, 0.2) is 29.4 Å². The number of thioether (sulfide) groups is 1. The Bertz CT molecular complexity index is 653. The summed E-state index contributed by atoms with van der Waals surface area (Å²) in [4.78, 5) is 16.4. The number of aryl methyl sites for hydroxylation is 1. The minimum Gasteiger partial charge on any atom is -0.298 e. The Morgan fingerprint density at radius 1 is 1.38 bits per heavy atom. The molecule has 1 atom stereocenters. The Balaban J connectivity index is 1.97. The largest absolute Gasteiger partial charge is 0.437 e. The summed E-state index contributed by atoms with van der Waals surface area (Å²) in [6.45, 7) is 1.94. The fraction of sp³-hybridized carbons (Fsp3) is 0.385. The summed E-state index contributed by atoms with van der Waals surface area (Å²) in [6.07, 6.45) is 1.06. The molecule has 1 aromatic rings. The molecule has 2 rings (SSSR count). The molecule has 1 fully saturated rings. The Kier molecular flexibility index (Phi) is 4.89. The van der Waals surface area contributed by atoms with Crippen molar-refractivity contribution in [1.82, 2.24) is 0 Å². The number of rotatable bonds is 3. The Labute approximate surface area is 127 Å². The maximum absolute atomic E-state index is 11.6. The molecule has 1 saturated heterocycles. The third-order valence-corrected chi connectivity index (χ3v) is 5.77. The zero-order valence-corrected chi connectivity index (χ0v) is 13.3. The van der Waals surface area contributed by atoms with Gasteiger partial charge >= 0.3 is 6.09 Å². The van der Waals surface area contributed by atoms with Gasteiger partial charge in [0.1, 0.15) is 0 Å². The lowest BCUT2D eigenvalue weighted by Crippen LogP contribution is -2.17. The third kappa shape index (κ3) is 4.47. The summed E-state index contributed by atoms with van der Waals surface area (Å²) in [6, 6.07) is 7.20. The maximum atomic E-state index is 11.6. The molecular formula is C13H16N2O4S2. The van der Waals surface area contributed by atoms with Crippen LogP contribution in [-0.4, -0.2) is 43.2 Å². The lowest BCUT2D eigenvalue weighted by atomic mass is 10.2. The molecule has 1 aliphatic heterocycles. The lowest BCUT2D eigenvalue weighted by Gasteiger charge is -2.06. The molecule has 8 heteroatoms. The summed E-state index contributed by atoms with van der Waals surface area (Å²) in [5, 5.41) is 5.96. The predicted octanol–water partition coefficient (Wildman–Crippen LogP) is 2.06. The number of nitrogens with zero attached hydrogens (tertiary/aromatic N) is 1. The average Bonchev–Trinajstić information content (AvgIpc) is 2.73. The van der Waals surface area contributed by atoms with Crippen LogP contribution in [0.25, 0.3) is 0 Å². The zero-order valence-electron chi connectivity index (χ0n) is 11.7. The monoisotopic (exact) mass is 328 g/mol. The van der Waals surface area contributed by atoms with Crippen LogP contribution in [-0.2, 0) is 14.7 Å². The molecule has 1 aliphatic rings. The van der Waals surface area contributed by atoms with Crippen LogP contribution in [0.1, 0.15) is 5.56 Å². The highest BCUT2D eigenvalue weighted by atomic mass is 32.2. The summed E-state index contributed by atoms with van der Waals surface area (Å²) in [5.41, 5.74) is 2.04. The van der Waals surface area contributed by atoms with Gasteiger partial charge in [0.05, 0.1) is 22.5 Å². The van der Waals surface area contributed by atoms with E-state index in [-0.39, 0.29) is 16.8 Å². The van der Waals surface area contributed by atoms with Gasteiger partial charge in [-0.25, -0.2) is 13.2 Å². The number of carbonyl (C=O) groups is 1. The first-order chi connectivity index (χ1) is 9.89. The summed E-state index contributed by atoms with van der Waals surface area (Å²) < 4.78 is 23.1. The smallest absolute Gasteiger partial charge is 0.298 e. The van der Waals surface area contributed by atoms with E-state index in [0.717, 1.165) is 5.56 Å². The fourth-order valence-electron chi connectivity index (χ4n) is 1.87. The molecule has 1 amide bonds. The molecule has 1 heterocycles. The number of sulfone groups is 1. The molecular weight excluding hydrogens is 312 g/mol. The van der Waals surface area contributed by atoms with Gasteiger partial charge in [0.25, 0.3) is 0 Å². The van der Waals surface area contributed by atoms with Crippen LogP contribution in [0.3, 0.4) is 0 Å². The van der Waals surface area contributed by atoms with Gasteiger partial charge < -0.3 is 0 Å². The van der Waals surface area contributed by atoms with Gasteiger partial charge in [0.15, 0.2) is 9.84 Å². The van der Waals surface area contributed by atoms with Crippen molar-refractivity contribution in [3.05, 3.63) is 29.8 Å². The molecule has 0 unspecified atom stereocenters. The number of carbonyl (C=O) groups excluding carboxylic acids is 1. The maximum Gasteiger partial charge on any atom is 0.437 e. The molecule has 0 radical (unpaired) electrons. The van der Waals surface area contributed by atoms with Gasteiger partial charge in [-0.05, 0) is 25.3 Å². The van der Waals surface area contributed by atoms with Gasteiger partial charge in [0, 0.05) is 5.69 Å². The highest BCUT2D eigenvalue weighted by Gasteiger charge is 2.34. The number of hydrogen-bond donors (Lipinski definition) is 1. The van der Waals surface area contributed by atoms with Crippen LogP contribution in [0, 0.1) is 6.92 Å². The molecule has 0 saturated carbocycles. The van der Waals surface area contributed by atoms with Crippen molar-refractivity contribution < 1.29 is 18.0 Å². The SMILES string of the molecule is CS[C@@H]1CS(=O)(=O)CC1=NOC(=O)Nc1ccc(C)cc1. The first-order valence-corrected chi connectivity index (χ1v) is 9.35. The predicted molar refractivity (Wildman–Crippen MR) is 84.7 cm³/mol. The highest BCUT2D eigenvalue weighted by Crippen LogP contribution is 2.20. The average molecular weight is 328 g/mol. The van der Waals surface area contributed by atoms with E-state index in [2.05, 4.69) is 10.5 Å². The van der Waals surface area contributed by atoms with Crippen molar-refractivity contribution >= 4 is 39.1 Å². The number of oxime groups is 1. The molecule has 114 valence electrons. The lowest BCUT2D eigenvalue weighted by molar-refractivity contribution is 0.166. The van der Waals surface area contributed by atoms with E-state index in [4.69, 9.17) is 4.84 Å². The molecule has 0 spiro atoms. The molecule has 1 aromatic carbocycles.